The number of hydrogen-bond donors (Lipinski definition) is 1. The third-order valence-electron chi connectivity index (χ3n) is 4.00. The van der Waals surface area contributed by atoms with Crippen LogP contribution in [-0.2, 0) is 10.5 Å². The summed E-state index contributed by atoms with van der Waals surface area (Å²) in [5.74, 6) is 2.68. The van der Waals surface area contributed by atoms with Gasteiger partial charge in [0.1, 0.15) is 15.9 Å². The average molecular weight is 407 g/mol. The first kappa shape index (κ1) is 18.7. The number of hydrogen-bond acceptors (Lipinski definition) is 5. The number of thioether (sulfide) groups is 2. The molecule has 1 heterocycles. The highest BCUT2D eigenvalue weighted by atomic mass is 32.2. The van der Waals surface area contributed by atoms with Crippen molar-refractivity contribution in [3.63, 3.8) is 0 Å². The second-order valence-corrected chi connectivity index (χ2v) is 8.26. The Morgan fingerprint density at radius 1 is 0.964 bits per heavy atom. The number of carbonyl (C=O) groups is 1. The van der Waals surface area contributed by atoms with Gasteiger partial charge in [-0.3, -0.25) is 4.79 Å². The lowest BCUT2D eigenvalue weighted by Crippen LogP contribution is -2.15. The maximum atomic E-state index is 12.2. The van der Waals surface area contributed by atoms with E-state index < -0.39 is 0 Å². The van der Waals surface area contributed by atoms with Crippen molar-refractivity contribution in [3.05, 3.63) is 84.4 Å². The third kappa shape index (κ3) is 4.97. The Morgan fingerprint density at radius 3 is 2.50 bits per heavy atom. The van der Waals surface area contributed by atoms with Crippen LogP contribution in [-0.4, -0.2) is 16.0 Å². The number of ether oxygens (including phenoxy) is 1. The Hall–Kier alpha value is -2.70. The van der Waals surface area contributed by atoms with Gasteiger partial charge in [-0.15, -0.1) is 0 Å². The van der Waals surface area contributed by atoms with E-state index in [1.807, 2.05) is 72.8 Å². The fourth-order valence-corrected chi connectivity index (χ4v) is 4.50. The number of amides is 1. The molecular weight excluding hydrogens is 388 g/mol. The predicted molar refractivity (Wildman–Crippen MR) is 119 cm³/mol. The van der Waals surface area contributed by atoms with Crippen LogP contribution in [0.4, 0.5) is 11.4 Å². The van der Waals surface area contributed by atoms with Crippen molar-refractivity contribution in [2.45, 2.75) is 5.75 Å². The van der Waals surface area contributed by atoms with Crippen LogP contribution in [0.1, 0.15) is 5.56 Å². The summed E-state index contributed by atoms with van der Waals surface area (Å²) >= 11 is 3.14. The molecule has 28 heavy (non-hydrogen) atoms. The maximum absolute atomic E-state index is 12.2. The van der Waals surface area contributed by atoms with Crippen molar-refractivity contribution in [1.29, 1.82) is 0 Å². The Balaban J connectivity index is 1.29. The van der Waals surface area contributed by atoms with Crippen molar-refractivity contribution >= 4 is 45.2 Å². The molecule has 0 unspecified atom stereocenters. The molecule has 4 nitrogen and oxygen atoms in total. The summed E-state index contributed by atoms with van der Waals surface area (Å²) in [6, 6.07) is 25.1. The van der Waals surface area contributed by atoms with Gasteiger partial charge in [0.25, 0.3) is 0 Å². The van der Waals surface area contributed by atoms with Crippen LogP contribution < -0.4 is 10.1 Å². The number of nitrogens with one attached hydrogen (secondary N) is 1. The van der Waals surface area contributed by atoms with E-state index in [0.717, 1.165) is 33.0 Å². The number of para-hydroxylation sites is 2. The molecule has 0 aliphatic carbocycles. The van der Waals surface area contributed by atoms with Crippen LogP contribution in [0.2, 0.25) is 0 Å². The number of rotatable bonds is 5. The van der Waals surface area contributed by atoms with Gasteiger partial charge < -0.3 is 10.1 Å². The fourth-order valence-electron chi connectivity index (χ4n) is 2.64. The highest BCUT2D eigenvalue weighted by Crippen LogP contribution is 2.34. The van der Waals surface area contributed by atoms with E-state index in [0.29, 0.717) is 5.75 Å². The Morgan fingerprint density at radius 2 is 1.68 bits per heavy atom. The van der Waals surface area contributed by atoms with Crippen LogP contribution in [0, 0.1) is 0 Å². The molecule has 1 aliphatic rings. The lowest BCUT2D eigenvalue weighted by molar-refractivity contribution is -0.113. The number of anilines is 1. The van der Waals surface area contributed by atoms with Crippen LogP contribution in [0.3, 0.4) is 0 Å². The lowest BCUT2D eigenvalue weighted by Gasteiger charge is -2.14. The molecule has 1 aliphatic heterocycles. The van der Waals surface area contributed by atoms with Crippen molar-refractivity contribution in [2.75, 3.05) is 11.1 Å². The zero-order chi connectivity index (χ0) is 19.2. The van der Waals surface area contributed by atoms with Crippen molar-refractivity contribution in [1.82, 2.24) is 0 Å². The first-order valence-electron chi connectivity index (χ1n) is 8.81. The largest absolute Gasteiger partial charge is 0.457 e. The van der Waals surface area contributed by atoms with Crippen LogP contribution in [0.15, 0.2) is 83.9 Å². The summed E-state index contributed by atoms with van der Waals surface area (Å²) in [5.41, 5.74) is 2.98. The summed E-state index contributed by atoms with van der Waals surface area (Å²) in [6.45, 7) is 0. The van der Waals surface area contributed by atoms with E-state index in [9.17, 15) is 4.79 Å². The number of nitrogens with zero attached hydrogens (tertiary/aromatic N) is 1. The van der Waals surface area contributed by atoms with Crippen molar-refractivity contribution in [3.8, 4) is 11.5 Å². The van der Waals surface area contributed by atoms with Crippen LogP contribution >= 0.6 is 23.5 Å². The Bertz CT molecular complexity index is 989. The van der Waals surface area contributed by atoms with E-state index in [1.54, 1.807) is 11.8 Å². The monoisotopic (exact) mass is 406 g/mol. The van der Waals surface area contributed by atoms with Gasteiger partial charge in [-0.1, -0.05) is 59.9 Å². The zero-order valence-corrected chi connectivity index (χ0v) is 16.6. The Kier molecular flexibility index (Phi) is 5.99. The number of carbonyl (C=O) groups excluding carboxylic acids is 1. The van der Waals surface area contributed by atoms with Gasteiger partial charge in [-0.25, -0.2) is 4.99 Å². The summed E-state index contributed by atoms with van der Waals surface area (Å²) in [6.07, 6.45) is 0. The minimum atomic E-state index is -0.0520. The minimum absolute atomic E-state index is 0.0520. The van der Waals surface area contributed by atoms with Crippen molar-refractivity contribution < 1.29 is 9.53 Å². The molecule has 0 atom stereocenters. The molecule has 0 saturated carbocycles. The molecule has 0 fully saturated rings. The predicted octanol–water partition coefficient (Wildman–Crippen LogP) is 6.09. The van der Waals surface area contributed by atoms with Crippen LogP contribution in [0.5, 0.6) is 11.5 Å². The molecule has 4 rings (SSSR count). The number of benzene rings is 3. The highest BCUT2D eigenvalue weighted by Gasteiger charge is 2.14. The molecule has 0 aromatic heterocycles. The van der Waals surface area contributed by atoms with Gasteiger partial charge in [-0.05, 0) is 48.0 Å². The SMILES string of the molecule is O=C(CSC1=Nc2ccccc2CS1)Nc1ccc(Oc2ccccc2)cc1. The van der Waals surface area contributed by atoms with Crippen molar-refractivity contribution in [2.24, 2.45) is 4.99 Å². The average Bonchev–Trinajstić information content (AvgIpc) is 2.74. The molecule has 3 aromatic carbocycles. The van der Waals surface area contributed by atoms with Gasteiger partial charge in [0.05, 0.1) is 11.4 Å². The van der Waals surface area contributed by atoms with E-state index in [-0.39, 0.29) is 5.91 Å². The smallest absolute Gasteiger partial charge is 0.234 e. The molecule has 0 saturated heterocycles. The maximum Gasteiger partial charge on any atom is 0.234 e. The Labute approximate surface area is 172 Å². The zero-order valence-electron chi connectivity index (χ0n) is 15.0. The summed E-state index contributed by atoms with van der Waals surface area (Å²) in [5, 5.41) is 2.91. The normalized spacial score (nSPS) is 12.6. The quantitative estimate of drug-likeness (QED) is 0.557. The minimum Gasteiger partial charge on any atom is -0.457 e. The highest BCUT2D eigenvalue weighted by molar-refractivity contribution is 8.38. The molecule has 1 N–H and O–H groups in total. The molecule has 6 heteroatoms. The standard InChI is InChI=1S/C22H18N2O2S2/c25-21(15-28-22-24-20-9-5-4-6-16(20)14-27-22)23-17-10-12-19(13-11-17)26-18-7-2-1-3-8-18/h1-13H,14-15H2,(H,23,25). The van der Waals surface area contributed by atoms with Gasteiger partial charge >= 0.3 is 0 Å². The fraction of sp³-hybridized carbons (Fsp3) is 0.0909. The number of aliphatic imine (C=N–C) groups is 1. The van der Waals surface area contributed by atoms with E-state index in [2.05, 4.69) is 16.4 Å². The second-order valence-electron chi connectivity index (χ2n) is 6.07. The molecule has 0 spiro atoms. The summed E-state index contributed by atoms with van der Waals surface area (Å²) < 4.78 is 6.69. The molecule has 140 valence electrons. The molecule has 0 radical (unpaired) electrons. The van der Waals surface area contributed by atoms with Gasteiger partial charge in [0, 0.05) is 11.4 Å². The van der Waals surface area contributed by atoms with Crippen LogP contribution in [0.25, 0.3) is 0 Å². The first-order valence-corrected chi connectivity index (χ1v) is 10.8. The molecule has 1 amide bonds. The number of fused-ring (bicyclic) bond motifs is 1. The van der Waals surface area contributed by atoms with E-state index in [1.165, 1.54) is 17.3 Å². The van der Waals surface area contributed by atoms with Gasteiger partial charge in [0.15, 0.2) is 0 Å². The second kappa shape index (κ2) is 8.99. The molecular formula is C22H18N2O2S2. The summed E-state index contributed by atoms with van der Waals surface area (Å²) in [4.78, 5) is 16.9. The van der Waals surface area contributed by atoms with Gasteiger partial charge in [-0.2, -0.15) is 0 Å². The summed E-state index contributed by atoms with van der Waals surface area (Å²) in [7, 11) is 0. The van der Waals surface area contributed by atoms with Gasteiger partial charge in [0.2, 0.25) is 5.91 Å². The third-order valence-corrected chi connectivity index (χ3v) is 6.24. The molecule has 3 aromatic rings. The topological polar surface area (TPSA) is 50.7 Å². The van der Waals surface area contributed by atoms with E-state index in [4.69, 9.17) is 4.74 Å². The lowest BCUT2D eigenvalue weighted by atomic mass is 10.2. The molecule has 0 bridgehead atoms. The van der Waals surface area contributed by atoms with E-state index >= 15 is 0 Å². The first-order chi connectivity index (χ1) is 13.8.